The minimum atomic E-state index is -3.80. The number of morpholine rings is 1. The molecule has 0 bridgehead atoms. The third-order valence-electron chi connectivity index (χ3n) is 5.01. The maximum Gasteiger partial charge on any atom is 0.280 e. The zero-order valence-corrected chi connectivity index (χ0v) is 23.1. The Morgan fingerprint density at radius 1 is 1.05 bits per heavy atom. The van der Waals surface area contributed by atoms with Gasteiger partial charge in [-0.25, -0.2) is 21.6 Å². The standard InChI is InChI=1S/C21H27N5O7S2.2ClH/c1-34(28,29)19-14-15(20(27)25-21(22)23)2-7-18(19)33-16-3-5-17(6-4-16)35(30,31)24-8-9-26-10-12-32-13-11-26;;/h2-7,14,24H,8-13H2,1H3,(H4,22,23,25,27);2*1H. The van der Waals surface area contributed by atoms with Gasteiger partial charge in [0.05, 0.1) is 18.1 Å². The molecule has 0 saturated carbocycles. The SMILES string of the molecule is CS(=O)(=O)c1cc(C(=O)N=C(N)N)ccc1Oc1ccc(S(=O)(=O)NCCN2CCOCC2)cc1.Cl.Cl. The summed E-state index contributed by atoms with van der Waals surface area (Å²) in [5.74, 6) is -1.11. The smallest absolute Gasteiger partial charge is 0.280 e. The van der Waals surface area contributed by atoms with Crippen molar-refractivity contribution in [3.05, 3.63) is 48.0 Å². The number of carbonyl (C=O) groups excluding carboxylic acids is 1. The van der Waals surface area contributed by atoms with Crippen molar-refractivity contribution in [2.75, 3.05) is 45.6 Å². The highest BCUT2D eigenvalue weighted by Gasteiger charge is 2.20. The zero-order chi connectivity index (χ0) is 25.6. The number of carbonyl (C=O) groups is 1. The predicted octanol–water partition coefficient (Wildman–Crippen LogP) is 0.750. The lowest BCUT2D eigenvalue weighted by atomic mass is 10.2. The van der Waals surface area contributed by atoms with Crippen LogP contribution in [-0.4, -0.2) is 79.3 Å². The summed E-state index contributed by atoms with van der Waals surface area (Å²) in [6.07, 6.45) is 0.961. The van der Waals surface area contributed by atoms with Crippen LogP contribution < -0.4 is 20.9 Å². The van der Waals surface area contributed by atoms with Gasteiger partial charge in [0.2, 0.25) is 10.0 Å². The number of halogens is 2. The molecule has 3 rings (SSSR count). The fourth-order valence-electron chi connectivity index (χ4n) is 3.26. The van der Waals surface area contributed by atoms with Crippen LogP contribution in [0.3, 0.4) is 0 Å². The van der Waals surface area contributed by atoms with Gasteiger partial charge < -0.3 is 20.9 Å². The average molecular weight is 599 g/mol. The zero-order valence-electron chi connectivity index (χ0n) is 19.8. The number of guanidine groups is 1. The Morgan fingerprint density at radius 3 is 2.24 bits per heavy atom. The number of hydrogen-bond donors (Lipinski definition) is 3. The van der Waals surface area contributed by atoms with Crippen LogP contribution in [0, 0.1) is 0 Å². The lowest BCUT2D eigenvalue weighted by molar-refractivity contribution is 0.0390. The lowest BCUT2D eigenvalue weighted by Gasteiger charge is -2.26. The molecule has 1 fully saturated rings. The van der Waals surface area contributed by atoms with Gasteiger partial charge in [0.25, 0.3) is 5.91 Å². The van der Waals surface area contributed by atoms with Crippen LogP contribution in [0.4, 0.5) is 0 Å². The normalized spacial score (nSPS) is 14.1. The molecule has 0 spiro atoms. The first kappa shape index (κ1) is 32.6. The summed E-state index contributed by atoms with van der Waals surface area (Å²) < 4.78 is 63.2. The van der Waals surface area contributed by atoms with E-state index in [1.807, 2.05) is 0 Å². The Bertz CT molecular complexity index is 1310. The van der Waals surface area contributed by atoms with Crippen molar-refractivity contribution in [2.24, 2.45) is 16.5 Å². The number of hydrogen-bond acceptors (Lipinski definition) is 8. The van der Waals surface area contributed by atoms with E-state index in [0.717, 1.165) is 25.4 Å². The number of rotatable bonds is 9. The van der Waals surface area contributed by atoms with E-state index in [2.05, 4.69) is 14.6 Å². The number of benzene rings is 2. The predicted molar refractivity (Wildman–Crippen MR) is 143 cm³/mol. The first-order chi connectivity index (χ1) is 16.5. The molecular formula is C21H29Cl2N5O7S2. The average Bonchev–Trinajstić information content (AvgIpc) is 2.79. The van der Waals surface area contributed by atoms with E-state index in [1.165, 1.54) is 36.4 Å². The second-order valence-corrected chi connectivity index (χ2v) is 11.5. The monoisotopic (exact) mass is 597 g/mol. The molecule has 5 N–H and O–H groups in total. The number of nitrogens with two attached hydrogens (primary N) is 2. The summed E-state index contributed by atoms with van der Waals surface area (Å²) >= 11 is 0. The van der Waals surface area contributed by atoms with Crippen LogP contribution in [-0.2, 0) is 24.6 Å². The van der Waals surface area contributed by atoms with E-state index < -0.39 is 31.7 Å². The minimum Gasteiger partial charge on any atom is -0.456 e. The molecule has 0 aliphatic carbocycles. The van der Waals surface area contributed by atoms with Gasteiger partial charge >= 0.3 is 0 Å². The quantitative estimate of drug-likeness (QED) is 0.275. The van der Waals surface area contributed by atoms with E-state index in [0.29, 0.717) is 19.8 Å². The van der Waals surface area contributed by atoms with Gasteiger partial charge in [-0.1, -0.05) is 0 Å². The highest BCUT2D eigenvalue weighted by molar-refractivity contribution is 7.90. The highest BCUT2D eigenvalue weighted by Crippen LogP contribution is 2.30. The molecule has 1 amide bonds. The summed E-state index contributed by atoms with van der Waals surface area (Å²) in [6, 6.07) is 9.23. The molecule has 37 heavy (non-hydrogen) atoms. The van der Waals surface area contributed by atoms with Crippen molar-refractivity contribution in [3.8, 4) is 11.5 Å². The van der Waals surface area contributed by atoms with E-state index in [1.54, 1.807) is 0 Å². The van der Waals surface area contributed by atoms with E-state index >= 15 is 0 Å². The van der Waals surface area contributed by atoms with E-state index in [-0.39, 0.29) is 58.2 Å². The Morgan fingerprint density at radius 2 is 1.68 bits per heavy atom. The molecule has 0 unspecified atom stereocenters. The Balaban J connectivity index is 0.00000342. The molecular weight excluding hydrogens is 569 g/mol. The van der Waals surface area contributed by atoms with Crippen molar-refractivity contribution >= 4 is 56.5 Å². The third-order valence-corrected chi connectivity index (χ3v) is 7.60. The van der Waals surface area contributed by atoms with Crippen molar-refractivity contribution in [2.45, 2.75) is 9.79 Å². The molecule has 2 aromatic carbocycles. The van der Waals surface area contributed by atoms with Gasteiger partial charge in [0, 0.05) is 38.0 Å². The molecule has 1 aliphatic heterocycles. The summed E-state index contributed by atoms with van der Waals surface area (Å²) in [5, 5.41) is 0. The lowest BCUT2D eigenvalue weighted by Crippen LogP contribution is -2.41. The molecule has 1 saturated heterocycles. The second-order valence-electron chi connectivity index (χ2n) is 7.70. The maximum atomic E-state index is 12.6. The van der Waals surface area contributed by atoms with Gasteiger partial charge in [0.15, 0.2) is 15.8 Å². The first-order valence-corrected chi connectivity index (χ1v) is 13.9. The van der Waals surface area contributed by atoms with Crippen molar-refractivity contribution in [1.29, 1.82) is 0 Å². The molecule has 0 radical (unpaired) electrons. The fraction of sp³-hybridized carbons (Fsp3) is 0.333. The van der Waals surface area contributed by atoms with E-state index in [9.17, 15) is 21.6 Å². The number of sulfonamides is 1. The molecule has 1 aliphatic rings. The second kappa shape index (κ2) is 13.9. The number of ether oxygens (including phenoxy) is 2. The number of nitrogens with zero attached hydrogens (tertiary/aromatic N) is 2. The van der Waals surface area contributed by atoms with Crippen molar-refractivity contribution in [3.63, 3.8) is 0 Å². The Labute approximate surface area is 228 Å². The van der Waals surface area contributed by atoms with Crippen LogP contribution >= 0.6 is 24.8 Å². The van der Waals surface area contributed by atoms with Crippen molar-refractivity contribution < 1.29 is 31.1 Å². The van der Waals surface area contributed by atoms with Crippen LogP contribution in [0.25, 0.3) is 0 Å². The van der Waals surface area contributed by atoms with E-state index in [4.69, 9.17) is 20.9 Å². The third kappa shape index (κ3) is 9.41. The molecule has 206 valence electrons. The van der Waals surface area contributed by atoms with Gasteiger partial charge in [-0.05, 0) is 42.5 Å². The number of aliphatic imine (C=N–C) groups is 1. The Hall–Kier alpha value is -2.46. The highest BCUT2D eigenvalue weighted by atomic mass is 35.5. The molecule has 1 heterocycles. The molecule has 2 aromatic rings. The number of nitrogens with one attached hydrogen (secondary N) is 1. The first-order valence-electron chi connectivity index (χ1n) is 10.5. The van der Waals surface area contributed by atoms with Gasteiger partial charge in [0.1, 0.15) is 16.4 Å². The fourth-order valence-corrected chi connectivity index (χ4v) is 5.09. The van der Waals surface area contributed by atoms with Crippen LogP contribution in [0.15, 0.2) is 57.2 Å². The summed E-state index contributed by atoms with van der Waals surface area (Å²) in [6.45, 7) is 3.59. The van der Waals surface area contributed by atoms with Crippen LogP contribution in [0.5, 0.6) is 11.5 Å². The molecule has 0 atom stereocenters. The number of sulfone groups is 1. The molecule has 16 heteroatoms. The maximum absolute atomic E-state index is 12.6. The van der Waals surface area contributed by atoms with Gasteiger partial charge in [-0.2, -0.15) is 4.99 Å². The van der Waals surface area contributed by atoms with Crippen LogP contribution in [0.2, 0.25) is 0 Å². The number of amides is 1. The topological polar surface area (TPSA) is 183 Å². The van der Waals surface area contributed by atoms with Gasteiger partial charge in [-0.15, -0.1) is 24.8 Å². The molecule has 0 aromatic heterocycles. The van der Waals surface area contributed by atoms with Gasteiger partial charge in [-0.3, -0.25) is 9.69 Å². The largest absolute Gasteiger partial charge is 0.456 e. The summed E-state index contributed by atoms with van der Waals surface area (Å²) in [4.78, 5) is 17.3. The summed E-state index contributed by atoms with van der Waals surface area (Å²) in [5.41, 5.74) is 10.4. The van der Waals surface area contributed by atoms with Crippen molar-refractivity contribution in [1.82, 2.24) is 9.62 Å². The molecule has 12 nitrogen and oxygen atoms in total. The Kier molecular flexibility index (Phi) is 12.2. The summed E-state index contributed by atoms with van der Waals surface area (Å²) in [7, 11) is -7.53. The minimum absolute atomic E-state index is 0. The van der Waals surface area contributed by atoms with Crippen LogP contribution in [0.1, 0.15) is 10.4 Å².